The van der Waals surface area contributed by atoms with Crippen LogP contribution in [0.25, 0.3) is 0 Å². The Kier molecular flexibility index (Phi) is 4.08. The maximum absolute atomic E-state index is 6.38. The molecule has 1 N–H and O–H groups in total. The molecule has 1 aliphatic heterocycles. The number of benzene rings is 1. The van der Waals surface area contributed by atoms with Gasteiger partial charge in [0.1, 0.15) is 12.4 Å². The topological polar surface area (TPSA) is 21.3 Å². The fourth-order valence-electron chi connectivity index (χ4n) is 2.06. The highest BCUT2D eigenvalue weighted by atomic mass is 35.5. The normalized spacial score (nSPS) is 19.3. The van der Waals surface area contributed by atoms with E-state index in [9.17, 15) is 0 Å². The maximum atomic E-state index is 6.38. The summed E-state index contributed by atoms with van der Waals surface area (Å²) in [5.74, 6) is 0.751. The Morgan fingerprint density at radius 2 is 2.41 bits per heavy atom. The molecule has 3 heteroatoms. The molecule has 0 amide bonds. The summed E-state index contributed by atoms with van der Waals surface area (Å²) in [7, 11) is 0. The van der Waals surface area contributed by atoms with Gasteiger partial charge in [-0.3, -0.25) is 0 Å². The first kappa shape index (κ1) is 12.5. The van der Waals surface area contributed by atoms with E-state index in [2.05, 4.69) is 18.0 Å². The van der Waals surface area contributed by atoms with Crippen molar-refractivity contribution in [1.82, 2.24) is 5.32 Å². The average Bonchev–Trinajstić information content (AvgIpc) is 2.81. The molecule has 2 nitrogen and oxygen atoms in total. The van der Waals surface area contributed by atoms with Gasteiger partial charge in [0.05, 0.1) is 5.02 Å². The van der Waals surface area contributed by atoms with Crippen LogP contribution in [0.1, 0.15) is 31.4 Å². The summed E-state index contributed by atoms with van der Waals surface area (Å²) in [6.07, 6.45) is 2.35. The van der Waals surface area contributed by atoms with Crippen LogP contribution in [-0.4, -0.2) is 13.2 Å². The summed E-state index contributed by atoms with van der Waals surface area (Å²) >= 11 is 6.38. The van der Waals surface area contributed by atoms with Crippen molar-refractivity contribution >= 4 is 11.6 Å². The minimum absolute atomic E-state index is 0.371. The van der Waals surface area contributed by atoms with Gasteiger partial charge in [0.15, 0.2) is 0 Å². The van der Waals surface area contributed by atoms with Crippen molar-refractivity contribution in [3.8, 4) is 5.75 Å². The Bertz CT molecular complexity index is 411. The van der Waals surface area contributed by atoms with Crippen molar-refractivity contribution < 1.29 is 4.74 Å². The van der Waals surface area contributed by atoms with Crippen molar-refractivity contribution in [1.29, 1.82) is 0 Å². The third-order valence-corrected chi connectivity index (χ3v) is 3.31. The smallest absolute Gasteiger partial charge is 0.138 e. The highest BCUT2D eigenvalue weighted by Gasteiger charge is 2.20. The number of nitrogens with one attached hydrogen (secondary N) is 1. The lowest BCUT2D eigenvalue weighted by atomic mass is 10.1. The molecule has 1 unspecified atom stereocenters. The van der Waals surface area contributed by atoms with Gasteiger partial charge in [-0.25, -0.2) is 0 Å². The molecule has 0 spiro atoms. The number of halogens is 1. The molecule has 1 aromatic rings. The zero-order chi connectivity index (χ0) is 12.3. The molecule has 1 aromatic carbocycles. The molecule has 92 valence electrons. The molecule has 0 saturated carbocycles. The van der Waals surface area contributed by atoms with Crippen LogP contribution in [0.5, 0.6) is 5.75 Å². The molecule has 1 saturated heterocycles. The Balaban J connectivity index is 2.17. The zero-order valence-electron chi connectivity index (χ0n) is 10.1. The number of ether oxygens (including phenoxy) is 1. The molecular weight excluding hydrogens is 234 g/mol. The Hall–Kier alpha value is -0.990. The monoisotopic (exact) mass is 251 g/mol. The van der Waals surface area contributed by atoms with Gasteiger partial charge in [0, 0.05) is 6.04 Å². The van der Waals surface area contributed by atoms with Crippen LogP contribution in [0, 0.1) is 0 Å². The number of hydrogen-bond acceptors (Lipinski definition) is 2. The van der Waals surface area contributed by atoms with Crippen LogP contribution in [0.2, 0.25) is 5.02 Å². The number of hydrogen-bond donors (Lipinski definition) is 1. The highest BCUT2D eigenvalue weighted by Crippen LogP contribution is 2.35. The first-order chi connectivity index (χ1) is 8.18. The molecule has 1 heterocycles. The fourth-order valence-corrected chi connectivity index (χ4v) is 2.37. The zero-order valence-corrected chi connectivity index (χ0v) is 10.9. The van der Waals surface area contributed by atoms with Gasteiger partial charge in [-0.2, -0.15) is 0 Å². The molecule has 2 rings (SSSR count). The summed E-state index contributed by atoms with van der Waals surface area (Å²) < 4.78 is 5.64. The molecule has 17 heavy (non-hydrogen) atoms. The first-order valence-corrected chi connectivity index (χ1v) is 6.35. The molecule has 0 radical (unpaired) electrons. The van der Waals surface area contributed by atoms with Crippen LogP contribution in [-0.2, 0) is 0 Å². The summed E-state index contributed by atoms with van der Waals surface area (Å²) in [5.41, 5.74) is 2.13. The quantitative estimate of drug-likeness (QED) is 0.824. The SMILES string of the molecule is C=C(C)COc1cccc(C2CCCN2)c1Cl. The van der Waals surface area contributed by atoms with Crippen molar-refractivity contribution in [2.24, 2.45) is 0 Å². The summed E-state index contributed by atoms with van der Waals surface area (Å²) in [5, 5.41) is 4.18. The van der Waals surface area contributed by atoms with E-state index in [0.29, 0.717) is 12.6 Å². The minimum Gasteiger partial charge on any atom is -0.488 e. The maximum Gasteiger partial charge on any atom is 0.138 e. The Labute approximate surface area is 108 Å². The lowest BCUT2D eigenvalue weighted by Crippen LogP contribution is -2.13. The molecule has 0 aromatic heterocycles. The standard InChI is InChI=1S/C14H18ClNO/c1-10(2)9-17-13-7-3-5-11(14(13)15)12-6-4-8-16-12/h3,5,7,12,16H,1,4,6,8-9H2,2H3. The van der Waals surface area contributed by atoms with Gasteiger partial charge in [-0.05, 0) is 43.5 Å². The van der Waals surface area contributed by atoms with E-state index in [1.165, 1.54) is 6.42 Å². The highest BCUT2D eigenvalue weighted by molar-refractivity contribution is 6.32. The van der Waals surface area contributed by atoms with Gasteiger partial charge in [-0.15, -0.1) is 0 Å². The van der Waals surface area contributed by atoms with Crippen molar-refractivity contribution in [3.05, 3.63) is 40.9 Å². The van der Waals surface area contributed by atoms with Gasteiger partial charge in [0.2, 0.25) is 0 Å². The summed E-state index contributed by atoms with van der Waals surface area (Å²) in [4.78, 5) is 0. The third-order valence-electron chi connectivity index (χ3n) is 2.90. The minimum atomic E-state index is 0.371. The second kappa shape index (κ2) is 5.56. The van der Waals surface area contributed by atoms with E-state index in [4.69, 9.17) is 16.3 Å². The largest absolute Gasteiger partial charge is 0.488 e. The second-order valence-corrected chi connectivity index (χ2v) is 4.93. The predicted molar refractivity (Wildman–Crippen MR) is 71.7 cm³/mol. The summed E-state index contributed by atoms with van der Waals surface area (Å²) in [6, 6.07) is 6.34. The van der Waals surface area contributed by atoms with Gasteiger partial charge in [0.25, 0.3) is 0 Å². The van der Waals surface area contributed by atoms with Gasteiger partial charge in [-0.1, -0.05) is 30.3 Å². The van der Waals surface area contributed by atoms with E-state index in [-0.39, 0.29) is 0 Å². The lowest BCUT2D eigenvalue weighted by Gasteiger charge is -2.15. The predicted octanol–water partition coefficient (Wildman–Crippen LogP) is 3.72. The van der Waals surface area contributed by atoms with Gasteiger partial charge >= 0.3 is 0 Å². The Morgan fingerprint density at radius 1 is 1.59 bits per heavy atom. The van der Waals surface area contributed by atoms with Crippen LogP contribution in [0.3, 0.4) is 0 Å². The molecule has 0 aliphatic carbocycles. The molecule has 0 bridgehead atoms. The van der Waals surface area contributed by atoms with Crippen LogP contribution in [0.4, 0.5) is 0 Å². The number of rotatable bonds is 4. The van der Waals surface area contributed by atoms with Crippen LogP contribution < -0.4 is 10.1 Å². The van der Waals surface area contributed by atoms with Crippen LogP contribution >= 0.6 is 11.6 Å². The molecule has 1 fully saturated rings. The van der Waals surface area contributed by atoms with E-state index >= 15 is 0 Å². The van der Waals surface area contributed by atoms with Crippen molar-refractivity contribution in [2.75, 3.05) is 13.2 Å². The third kappa shape index (κ3) is 3.02. The molecule has 1 aliphatic rings. The first-order valence-electron chi connectivity index (χ1n) is 5.97. The van der Waals surface area contributed by atoms with E-state index in [0.717, 1.165) is 34.9 Å². The lowest BCUT2D eigenvalue weighted by molar-refractivity contribution is 0.352. The van der Waals surface area contributed by atoms with Crippen LogP contribution in [0.15, 0.2) is 30.4 Å². The fraction of sp³-hybridized carbons (Fsp3) is 0.429. The van der Waals surface area contributed by atoms with E-state index < -0.39 is 0 Å². The second-order valence-electron chi connectivity index (χ2n) is 4.55. The van der Waals surface area contributed by atoms with E-state index in [1.54, 1.807) is 0 Å². The molecular formula is C14H18ClNO. The van der Waals surface area contributed by atoms with Crippen molar-refractivity contribution in [2.45, 2.75) is 25.8 Å². The summed E-state index contributed by atoms with van der Waals surface area (Å²) in [6.45, 7) is 7.34. The van der Waals surface area contributed by atoms with Gasteiger partial charge < -0.3 is 10.1 Å². The van der Waals surface area contributed by atoms with E-state index in [1.807, 2.05) is 19.1 Å². The molecule has 1 atom stereocenters. The Morgan fingerprint density at radius 3 is 3.06 bits per heavy atom. The average molecular weight is 252 g/mol. The van der Waals surface area contributed by atoms with Crippen molar-refractivity contribution in [3.63, 3.8) is 0 Å².